The van der Waals surface area contributed by atoms with Gasteiger partial charge in [0.15, 0.2) is 11.5 Å². The third-order valence-electron chi connectivity index (χ3n) is 4.88. The van der Waals surface area contributed by atoms with E-state index >= 15 is 0 Å². The highest BCUT2D eigenvalue weighted by Crippen LogP contribution is 2.39. The van der Waals surface area contributed by atoms with Crippen molar-refractivity contribution < 1.29 is 19.1 Å². The molecule has 1 aliphatic rings. The molecule has 5 nitrogen and oxygen atoms in total. The number of amides is 2. The maximum absolute atomic E-state index is 12.9. The van der Waals surface area contributed by atoms with Crippen LogP contribution in [0.2, 0.25) is 0 Å². The number of hydrogen-bond acceptors (Lipinski definition) is 5. The number of nitrogens with zero attached hydrogens (tertiary/aromatic N) is 1. The molecule has 3 aromatic carbocycles. The monoisotopic (exact) mass is 587 g/mol. The van der Waals surface area contributed by atoms with Gasteiger partial charge in [0, 0.05) is 4.47 Å². The molecule has 1 fully saturated rings. The number of hydrogen-bond donors (Lipinski definition) is 0. The molecule has 0 aromatic heterocycles. The van der Waals surface area contributed by atoms with Crippen LogP contribution in [-0.4, -0.2) is 23.2 Å². The van der Waals surface area contributed by atoms with Crippen molar-refractivity contribution in [3.05, 3.63) is 97.3 Å². The Morgan fingerprint density at radius 1 is 0.970 bits per heavy atom. The number of carbonyl (C=O) groups excluding carboxylic acids is 2. The number of halogens is 2. The van der Waals surface area contributed by atoms with Gasteiger partial charge in [0.1, 0.15) is 6.61 Å². The molecule has 0 aliphatic carbocycles. The number of rotatable bonds is 7. The van der Waals surface area contributed by atoms with Gasteiger partial charge in [0.2, 0.25) is 0 Å². The Balaban J connectivity index is 1.54. The van der Waals surface area contributed by atoms with Gasteiger partial charge in [0.05, 0.1) is 23.0 Å². The average molecular weight is 589 g/mol. The van der Waals surface area contributed by atoms with Crippen LogP contribution in [-0.2, 0) is 17.9 Å². The van der Waals surface area contributed by atoms with Crippen LogP contribution in [0.4, 0.5) is 4.79 Å². The van der Waals surface area contributed by atoms with Crippen LogP contribution in [0.15, 0.2) is 80.6 Å². The fourth-order valence-corrected chi connectivity index (χ4v) is 5.16. The first-order valence-corrected chi connectivity index (χ1v) is 12.4. The number of methoxy groups -OCH3 is 1. The van der Waals surface area contributed by atoms with Crippen LogP contribution in [0.3, 0.4) is 0 Å². The minimum absolute atomic E-state index is 0.223. The van der Waals surface area contributed by atoms with Gasteiger partial charge in [-0.1, -0.05) is 58.4 Å². The fourth-order valence-electron chi connectivity index (χ4n) is 3.30. The first kappa shape index (κ1) is 23.6. The summed E-state index contributed by atoms with van der Waals surface area (Å²) in [6.07, 6.45) is 1.69. The van der Waals surface area contributed by atoms with Crippen molar-refractivity contribution in [3.8, 4) is 11.5 Å². The smallest absolute Gasteiger partial charge is 0.293 e. The van der Waals surface area contributed by atoms with E-state index in [9.17, 15) is 9.59 Å². The zero-order valence-electron chi connectivity index (χ0n) is 17.6. The second kappa shape index (κ2) is 10.6. The number of imide groups is 1. The third-order valence-corrected chi connectivity index (χ3v) is 6.87. The molecule has 0 N–H and O–H groups in total. The van der Waals surface area contributed by atoms with Crippen LogP contribution in [0.25, 0.3) is 6.08 Å². The summed E-state index contributed by atoms with van der Waals surface area (Å²) in [5.41, 5.74) is 2.63. The van der Waals surface area contributed by atoms with Crippen molar-refractivity contribution in [2.45, 2.75) is 13.2 Å². The maximum Gasteiger partial charge on any atom is 0.293 e. The van der Waals surface area contributed by atoms with Gasteiger partial charge in [-0.3, -0.25) is 14.5 Å². The molecule has 0 atom stereocenters. The van der Waals surface area contributed by atoms with E-state index in [1.54, 1.807) is 19.3 Å². The minimum atomic E-state index is -0.315. The molecule has 8 heteroatoms. The molecule has 2 amide bonds. The summed E-state index contributed by atoms with van der Waals surface area (Å²) < 4.78 is 13.1. The number of ether oxygens (including phenoxy) is 2. The summed E-state index contributed by atoms with van der Waals surface area (Å²) in [5, 5.41) is -0.292. The van der Waals surface area contributed by atoms with E-state index < -0.39 is 0 Å². The summed E-state index contributed by atoms with van der Waals surface area (Å²) in [4.78, 5) is 27.0. The van der Waals surface area contributed by atoms with Gasteiger partial charge in [-0.2, -0.15) is 0 Å². The Labute approximate surface area is 213 Å². The third kappa shape index (κ3) is 5.69. The van der Waals surface area contributed by atoms with Crippen molar-refractivity contribution in [1.29, 1.82) is 0 Å². The standard InChI is InChI=1S/C25H19Br2NO4S/c1-31-21-12-18(11-20(27)23(21)32-15-16-6-3-2-4-7-16)13-22-24(29)28(25(30)33-22)14-17-8-5-9-19(26)10-17/h2-13H,14-15H2,1H3/b22-13+. The van der Waals surface area contributed by atoms with E-state index in [4.69, 9.17) is 9.47 Å². The molecule has 1 heterocycles. The highest BCUT2D eigenvalue weighted by atomic mass is 79.9. The predicted octanol–water partition coefficient (Wildman–Crippen LogP) is 7.04. The maximum atomic E-state index is 12.9. The zero-order valence-corrected chi connectivity index (χ0v) is 21.6. The first-order chi connectivity index (χ1) is 15.9. The molecular formula is C25H19Br2NO4S. The van der Waals surface area contributed by atoms with Crippen LogP contribution in [0.1, 0.15) is 16.7 Å². The van der Waals surface area contributed by atoms with Crippen LogP contribution in [0.5, 0.6) is 11.5 Å². The summed E-state index contributed by atoms with van der Waals surface area (Å²) in [6, 6.07) is 21.0. The molecule has 0 saturated carbocycles. The van der Waals surface area contributed by atoms with Gasteiger partial charge in [-0.15, -0.1) is 0 Å². The van der Waals surface area contributed by atoms with E-state index in [1.165, 1.54) is 4.90 Å². The molecule has 33 heavy (non-hydrogen) atoms. The molecule has 0 spiro atoms. The van der Waals surface area contributed by atoms with Crippen LogP contribution < -0.4 is 9.47 Å². The van der Waals surface area contributed by atoms with E-state index in [1.807, 2.05) is 60.7 Å². The SMILES string of the molecule is COc1cc(/C=C2/SC(=O)N(Cc3cccc(Br)c3)C2=O)cc(Br)c1OCc1ccccc1. The summed E-state index contributed by atoms with van der Waals surface area (Å²) >= 11 is 7.89. The highest BCUT2D eigenvalue weighted by Gasteiger charge is 2.35. The van der Waals surface area contributed by atoms with E-state index in [0.717, 1.165) is 32.9 Å². The largest absolute Gasteiger partial charge is 0.493 e. The molecule has 0 unspecified atom stereocenters. The molecule has 1 aliphatic heterocycles. The summed E-state index contributed by atoms with van der Waals surface area (Å²) in [5.74, 6) is 0.783. The Bertz CT molecular complexity index is 1230. The topological polar surface area (TPSA) is 55.8 Å². The van der Waals surface area contributed by atoms with Gasteiger partial charge < -0.3 is 9.47 Å². The minimum Gasteiger partial charge on any atom is -0.493 e. The molecule has 3 aromatic rings. The number of thioether (sulfide) groups is 1. The first-order valence-electron chi connectivity index (χ1n) is 9.98. The lowest BCUT2D eigenvalue weighted by Gasteiger charge is -2.14. The quantitative estimate of drug-likeness (QED) is 0.277. The lowest BCUT2D eigenvalue weighted by atomic mass is 10.1. The normalized spacial score (nSPS) is 14.8. The Kier molecular flexibility index (Phi) is 7.57. The average Bonchev–Trinajstić information content (AvgIpc) is 3.06. The summed E-state index contributed by atoms with van der Waals surface area (Å²) in [7, 11) is 1.56. The van der Waals surface area contributed by atoms with E-state index in [0.29, 0.717) is 27.5 Å². The predicted molar refractivity (Wildman–Crippen MR) is 137 cm³/mol. The lowest BCUT2D eigenvalue weighted by Crippen LogP contribution is -2.27. The second-order valence-electron chi connectivity index (χ2n) is 7.21. The zero-order chi connectivity index (χ0) is 23.4. The van der Waals surface area contributed by atoms with E-state index in [2.05, 4.69) is 31.9 Å². The molecule has 0 radical (unpaired) electrons. The molecular weight excluding hydrogens is 570 g/mol. The van der Waals surface area contributed by atoms with Crippen molar-refractivity contribution in [3.63, 3.8) is 0 Å². The van der Waals surface area contributed by atoms with Crippen molar-refractivity contribution in [2.24, 2.45) is 0 Å². The van der Waals surface area contributed by atoms with Gasteiger partial charge >= 0.3 is 0 Å². The summed E-state index contributed by atoms with van der Waals surface area (Å²) in [6.45, 7) is 0.615. The fraction of sp³-hybridized carbons (Fsp3) is 0.120. The Hall–Kier alpha value is -2.55. The van der Waals surface area contributed by atoms with Gasteiger partial charge in [0.25, 0.3) is 11.1 Å². The Morgan fingerprint density at radius 3 is 2.45 bits per heavy atom. The highest BCUT2D eigenvalue weighted by molar-refractivity contribution is 9.10. The van der Waals surface area contributed by atoms with Gasteiger partial charge in [-0.25, -0.2) is 0 Å². The number of benzene rings is 3. The molecule has 1 saturated heterocycles. The number of carbonyl (C=O) groups is 2. The Morgan fingerprint density at radius 2 is 1.73 bits per heavy atom. The van der Waals surface area contributed by atoms with E-state index in [-0.39, 0.29) is 17.7 Å². The van der Waals surface area contributed by atoms with Crippen molar-refractivity contribution in [1.82, 2.24) is 4.90 Å². The van der Waals surface area contributed by atoms with Crippen molar-refractivity contribution in [2.75, 3.05) is 7.11 Å². The van der Waals surface area contributed by atoms with Crippen molar-refractivity contribution >= 4 is 60.8 Å². The molecule has 4 rings (SSSR count). The van der Waals surface area contributed by atoms with Gasteiger partial charge in [-0.05, 0) is 74.7 Å². The van der Waals surface area contributed by atoms with Crippen LogP contribution >= 0.6 is 43.6 Å². The second-order valence-corrected chi connectivity index (χ2v) is 9.97. The molecule has 168 valence electrons. The lowest BCUT2D eigenvalue weighted by molar-refractivity contribution is -0.123. The van der Waals surface area contributed by atoms with Crippen LogP contribution in [0, 0.1) is 0 Å². The molecule has 0 bridgehead atoms.